The highest BCUT2D eigenvalue weighted by Crippen LogP contribution is 1.88. The molecule has 0 aromatic heterocycles. The Kier molecular flexibility index (Phi) is 4.01. The summed E-state index contributed by atoms with van der Waals surface area (Å²) < 4.78 is 0. The van der Waals surface area contributed by atoms with E-state index in [0.29, 0.717) is 0 Å². The first-order valence-corrected chi connectivity index (χ1v) is 2.95. The van der Waals surface area contributed by atoms with Crippen LogP contribution >= 0.6 is 0 Å². The van der Waals surface area contributed by atoms with Crippen molar-refractivity contribution in [3.05, 3.63) is 0 Å². The average Bonchev–Trinajstić information content (AvgIpc) is 1.61. The minimum absolute atomic E-state index is 0.164. The first-order valence-electron chi connectivity index (χ1n) is 2.95. The van der Waals surface area contributed by atoms with Crippen molar-refractivity contribution in [2.45, 2.75) is 27.3 Å². The van der Waals surface area contributed by atoms with E-state index in [1.165, 1.54) is 0 Å². The highest BCUT2D eigenvalue weighted by Gasteiger charge is 2.03. The van der Waals surface area contributed by atoms with Crippen LogP contribution in [0, 0.1) is 0 Å². The standard InChI is InChI=1S/C4H12B2O2/c1-5(2)7-8-6(3)4/h1-4H3. The van der Waals surface area contributed by atoms with Crippen molar-refractivity contribution in [3.8, 4) is 0 Å². The number of rotatable bonds is 3. The lowest BCUT2D eigenvalue weighted by molar-refractivity contribution is -0.109. The first-order chi connectivity index (χ1) is 3.63. The van der Waals surface area contributed by atoms with Crippen LogP contribution in [0.15, 0.2) is 0 Å². The largest absolute Gasteiger partial charge is 0.331 e. The van der Waals surface area contributed by atoms with Crippen molar-refractivity contribution < 1.29 is 9.61 Å². The number of hydrogen-bond acceptors (Lipinski definition) is 2. The molecule has 0 N–H and O–H groups in total. The van der Waals surface area contributed by atoms with Gasteiger partial charge in [0.15, 0.2) is 0 Å². The van der Waals surface area contributed by atoms with Crippen molar-refractivity contribution in [1.82, 2.24) is 0 Å². The van der Waals surface area contributed by atoms with Gasteiger partial charge in [0.1, 0.15) is 0 Å². The van der Waals surface area contributed by atoms with Crippen LogP contribution in [-0.2, 0) is 9.61 Å². The lowest BCUT2D eigenvalue weighted by Gasteiger charge is -2.05. The molecule has 0 bridgehead atoms. The molecule has 0 aromatic rings. The van der Waals surface area contributed by atoms with Crippen molar-refractivity contribution in [1.29, 1.82) is 0 Å². The lowest BCUT2D eigenvalue weighted by Crippen LogP contribution is -2.15. The quantitative estimate of drug-likeness (QED) is 0.313. The second kappa shape index (κ2) is 3.98. The van der Waals surface area contributed by atoms with Crippen LogP contribution in [0.2, 0.25) is 27.3 Å². The predicted molar refractivity (Wildman–Crippen MR) is 37.1 cm³/mol. The monoisotopic (exact) mass is 114 g/mol. The third kappa shape index (κ3) is 6.05. The van der Waals surface area contributed by atoms with E-state index in [1.807, 2.05) is 27.3 Å². The molecule has 0 atom stereocenters. The normalized spacial score (nSPS) is 9.00. The molecule has 46 valence electrons. The summed E-state index contributed by atoms with van der Waals surface area (Å²) in [5, 5.41) is 0. The summed E-state index contributed by atoms with van der Waals surface area (Å²) in [5.74, 6) is 0. The van der Waals surface area contributed by atoms with E-state index in [1.54, 1.807) is 0 Å². The second-order valence-electron chi connectivity index (χ2n) is 2.29. The van der Waals surface area contributed by atoms with Gasteiger partial charge in [-0.1, -0.05) is 27.3 Å². The summed E-state index contributed by atoms with van der Waals surface area (Å²) in [6.45, 7) is 8.06. The molecule has 0 radical (unpaired) electrons. The van der Waals surface area contributed by atoms with Gasteiger partial charge in [0, 0.05) is 0 Å². The Morgan fingerprint density at radius 2 is 1.00 bits per heavy atom. The van der Waals surface area contributed by atoms with Crippen LogP contribution in [-0.4, -0.2) is 13.8 Å². The summed E-state index contributed by atoms with van der Waals surface area (Å²) in [6, 6.07) is 0. The zero-order chi connectivity index (χ0) is 6.57. The highest BCUT2D eigenvalue weighted by molar-refractivity contribution is 6.51. The van der Waals surface area contributed by atoms with Gasteiger partial charge in [0.2, 0.25) is 0 Å². The van der Waals surface area contributed by atoms with E-state index in [4.69, 9.17) is 9.61 Å². The van der Waals surface area contributed by atoms with Crippen LogP contribution in [0.4, 0.5) is 0 Å². The van der Waals surface area contributed by atoms with Crippen molar-refractivity contribution in [3.63, 3.8) is 0 Å². The summed E-state index contributed by atoms with van der Waals surface area (Å²) >= 11 is 0. The van der Waals surface area contributed by atoms with Crippen LogP contribution in [0.3, 0.4) is 0 Å². The van der Waals surface area contributed by atoms with E-state index in [0.717, 1.165) is 0 Å². The molecule has 0 fully saturated rings. The zero-order valence-electron chi connectivity index (χ0n) is 5.97. The fourth-order valence-electron chi connectivity index (χ4n) is 0.222. The maximum absolute atomic E-state index is 4.80. The molecule has 0 saturated heterocycles. The van der Waals surface area contributed by atoms with Gasteiger partial charge in [0.05, 0.1) is 0 Å². The first kappa shape index (κ1) is 8.05. The molecule has 0 spiro atoms. The van der Waals surface area contributed by atoms with Gasteiger partial charge < -0.3 is 9.61 Å². The second-order valence-corrected chi connectivity index (χ2v) is 2.29. The van der Waals surface area contributed by atoms with Gasteiger partial charge in [-0.25, -0.2) is 0 Å². The van der Waals surface area contributed by atoms with Gasteiger partial charge in [0.25, 0.3) is 0 Å². The molecule has 0 aliphatic carbocycles. The highest BCUT2D eigenvalue weighted by atomic mass is 17.2. The molecule has 0 rings (SSSR count). The van der Waals surface area contributed by atoms with Crippen LogP contribution < -0.4 is 0 Å². The maximum Gasteiger partial charge on any atom is 0.331 e. The predicted octanol–water partition coefficient (Wildman–Crippen LogP) is 1.44. The molecule has 4 heteroatoms. The SMILES string of the molecule is CB(C)OOB(C)C. The molecular weight excluding hydrogens is 102 g/mol. The summed E-state index contributed by atoms with van der Waals surface area (Å²) in [6.07, 6.45) is 0. The van der Waals surface area contributed by atoms with E-state index < -0.39 is 0 Å². The minimum Gasteiger partial charge on any atom is -0.321 e. The Bertz CT molecular complexity index is 48.0. The Balaban J connectivity index is 2.93. The Hall–Kier alpha value is 0.0499. The minimum atomic E-state index is 0.164. The molecule has 8 heavy (non-hydrogen) atoms. The summed E-state index contributed by atoms with van der Waals surface area (Å²) in [5.41, 5.74) is 0. The summed E-state index contributed by atoms with van der Waals surface area (Å²) in [7, 11) is 0. The molecule has 0 aliphatic heterocycles. The van der Waals surface area contributed by atoms with E-state index in [9.17, 15) is 0 Å². The average molecular weight is 114 g/mol. The molecule has 0 aliphatic rings. The van der Waals surface area contributed by atoms with Gasteiger partial charge in [-0.2, -0.15) is 0 Å². The van der Waals surface area contributed by atoms with E-state index >= 15 is 0 Å². The van der Waals surface area contributed by atoms with Crippen LogP contribution in [0.25, 0.3) is 0 Å². The zero-order valence-corrected chi connectivity index (χ0v) is 5.97. The van der Waals surface area contributed by atoms with Crippen LogP contribution in [0.5, 0.6) is 0 Å². The molecule has 0 heterocycles. The topological polar surface area (TPSA) is 18.5 Å². The van der Waals surface area contributed by atoms with Crippen molar-refractivity contribution in [2.24, 2.45) is 0 Å². The van der Waals surface area contributed by atoms with Gasteiger partial charge in [-0.3, -0.25) is 0 Å². The molecule has 2 nitrogen and oxygen atoms in total. The number of hydrogen-bond donors (Lipinski definition) is 0. The van der Waals surface area contributed by atoms with Crippen molar-refractivity contribution >= 4 is 13.8 Å². The van der Waals surface area contributed by atoms with Gasteiger partial charge >= 0.3 is 13.8 Å². The summed E-state index contributed by atoms with van der Waals surface area (Å²) in [4.78, 5) is 9.61. The lowest BCUT2D eigenvalue weighted by atomic mass is 9.74. The Labute approximate surface area is 51.7 Å². The van der Waals surface area contributed by atoms with Gasteiger partial charge in [-0.05, 0) is 0 Å². The molecule has 0 amide bonds. The molecule has 0 saturated carbocycles. The van der Waals surface area contributed by atoms with E-state index in [-0.39, 0.29) is 13.8 Å². The fraction of sp³-hybridized carbons (Fsp3) is 1.00. The van der Waals surface area contributed by atoms with Crippen molar-refractivity contribution in [2.75, 3.05) is 0 Å². The third-order valence-electron chi connectivity index (χ3n) is 0.440. The Morgan fingerprint density at radius 1 is 0.750 bits per heavy atom. The van der Waals surface area contributed by atoms with E-state index in [2.05, 4.69) is 0 Å². The molecule has 0 unspecified atom stereocenters. The molecule has 0 aromatic carbocycles. The van der Waals surface area contributed by atoms with Crippen LogP contribution in [0.1, 0.15) is 0 Å². The smallest absolute Gasteiger partial charge is 0.321 e. The Morgan fingerprint density at radius 3 is 1.12 bits per heavy atom. The maximum atomic E-state index is 4.80. The fourth-order valence-corrected chi connectivity index (χ4v) is 0.222. The van der Waals surface area contributed by atoms with Gasteiger partial charge in [-0.15, -0.1) is 0 Å². The molecular formula is C4H12B2O2. The third-order valence-corrected chi connectivity index (χ3v) is 0.440.